The highest BCUT2D eigenvalue weighted by Crippen LogP contribution is 2.52. The molecule has 1 fully saturated rings. The number of allylic oxidation sites excluding steroid dienone is 4. The van der Waals surface area contributed by atoms with Crippen LogP contribution in [0.15, 0.2) is 37.0 Å². The third-order valence-corrected chi connectivity index (χ3v) is 3.82. The zero-order chi connectivity index (χ0) is 11.5. The van der Waals surface area contributed by atoms with Gasteiger partial charge in [-0.1, -0.05) is 30.9 Å². The molecular weight excluding hydrogens is 200 g/mol. The molecule has 2 bridgehead atoms. The van der Waals surface area contributed by atoms with Crippen molar-refractivity contribution in [2.45, 2.75) is 12.8 Å². The summed E-state index contributed by atoms with van der Waals surface area (Å²) in [4.78, 5) is 9.84. The van der Waals surface area contributed by atoms with Crippen molar-refractivity contribution in [1.29, 1.82) is 0 Å². The predicted molar refractivity (Wildman–Crippen MR) is 63.7 cm³/mol. The van der Waals surface area contributed by atoms with E-state index in [1.165, 1.54) is 20.0 Å². The van der Waals surface area contributed by atoms with Crippen LogP contribution < -0.4 is 0 Å². The van der Waals surface area contributed by atoms with E-state index in [1.54, 1.807) is 0 Å². The topological polar surface area (TPSA) is 26.3 Å². The monoisotopic (exact) mass is 218 g/mol. The summed E-state index contributed by atoms with van der Waals surface area (Å²) in [6.45, 7) is 3.16. The van der Waals surface area contributed by atoms with Gasteiger partial charge in [0.25, 0.3) is 0 Å². The lowest BCUT2D eigenvalue weighted by Crippen LogP contribution is -2.12. The maximum absolute atomic E-state index is 9.84. The van der Waals surface area contributed by atoms with Gasteiger partial charge in [-0.05, 0) is 36.5 Å². The van der Waals surface area contributed by atoms with Crippen LogP contribution in [0.3, 0.4) is 0 Å². The van der Waals surface area contributed by atoms with Crippen molar-refractivity contribution in [3.05, 3.63) is 37.0 Å². The third-order valence-electron chi connectivity index (χ3n) is 3.82. The molecule has 0 aliphatic heterocycles. The summed E-state index contributed by atoms with van der Waals surface area (Å²) in [5, 5.41) is 0. The van der Waals surface area contributed by atoms with Crippen molar-refractivity contribution >= 4 is 5.97 Å². The highest BCUT2D eigenvalue weighted by atomic mass is 16.5. The van der Waals surface area contributed by atoms with Gasteiger partial charge < -0.3 is 4.74 Å². The highest BCUT2D eigenvalue weighted by molar-refractivity contribution is 5.80. The third kappa shape index (κ3) is 1.97. The summed E-state index contributed by atoms with van der Waals surface area (Å²) in [6, 6.07) is 0. The molecule has 3 rings (SSSR count). The van der Waals surface area contributed by atoms with E-state index in [4.69, 9.17) is 0 Å². The minimum absolute atomic E-state index is 0.394. The van der Waals surface area contributed by atoms with Crippen LogP contribution in [-0.4, -0.2) is 13.1 Å². The first kappa shape index (κ1) is 11.2. The molecule has 2 nitrogen and oxygen atoms in total. The van der Waals surface area contributed by atoms with E-state index in [0.29, 0.717) is 0 Å². The fourth-order valence-corrected chi connectivity index (χ4v) is 3.06. The van der Waals surface area contributed by atoms with E-state index in [2.05, 4.69) is 35.6 Å². The minimum Gasteiger partial charge on any atom is -0.466 e. The quantitative estimate of drug-likeness (QED) is 0.384. The molecule has 3 aliphatic rings. The highest BCUT2D eigenvalue weighted by Gasteiger charge is 2.44. The molecule has 2 heteroatoms. The molecule has 0 heterocycles. The number of fused-ring (bicyclic) bond motifs is 5. The fraction of sp³-hybridized carbons (Fsp3) is 0.500. The largest absolute Gasteiger partial charge is 0.466 e. The van der Waals surface area contributed by atoms with Crippen LogP contribution in [0.1, 0.15) is 12.8 Å². The van der Waals surface area contributed by atoms with Gasteiger partial charge in [0.1, 0.15) is 0 Å². The van der Waals surface area contributed by atoms with Crippen molar-refractivity contribution < 1.29 is 9.53 Å². The lowest BCUT2D eigenvalue weighted by atomic mass is 9.86. The van der Waals surface area contributed by atoms with E-state index in [-0.39, 0.29) is 0 Å². The Kier molecular flexibility index (Phi) is 3.28. The molecule has 3 aliphatic carbocycles. The molecule has 16 heavy (non-hydrogen) atoms. The number of hydrogen-bond donors (Lipinski definition) is 0. The number of methoxy groups -OCH3 is 1. The van der Waals surface area contributed by atoms with Gasteiger partial charge in [0.15, 0.2) is 0 Å². The average molecular weight is 218 g/mol. The maximum atomic E-state index is 9.84. The smallest absolute Gasteiger partial charge is 0.329 e. The molecular formula is C14H18O2. The number of esters is 1. The Labute approximate surface area is 96.7 Å². The van der Waals surface area contributed by atoms with Crippen molar-refractivity contribution in [2.24, 2.45) is 23.7 Å². The number of carbonyl (C=O) groups excluding carboxylic acids is 1. The molecule has 0 aromatic heterocycles. The van der Waals surface area contributed by atoms with Gasteiger partial charge in [0.2, 0.25) is 0 Å². The molecule has 0 N–H and O–H groups in total. The number of carbonyl (C=O) groups is 1. The Balaban J connectivity index is 0.000000142. The first-order chi connectivity index (χ1) is 7.76. The van der Waals surface area contributed by atoms with E-state index in [9.17, 15) is 4.79 Å². The van der Waals surface area contributed by atoms with Gasteiger partial charge in [-0.3, -0.25) is 0 Å². The second-order valence-corrected chi connectivity index (χ2v) is 4.58. The fourth-order valence-electron chi connectivity index (χ4n) is 3.06. The van der Waals surface area contributed by atoms with Crippen LogP contribution in [0.5, 0.6) is 0 Å². The zero-order valence-electron chi connectivity index (χ0n) is 9.63. The molecule has 1 saturated carbocycles. The molecule has 0 radical (unpaired) electrons. The van der Waals surface area contributed by atoms with E-state index in [1.807, 2.05) is 0 Å². The van der Waals surface area contributed by atoms with Gasteiger partial charge in [0.05, 0.1) is 7.11 Å². The first-order valence-electron chi connectivity index (χ1n) is 5.81. The lowest BCUT2D eigenvalue weighted by molar-refractivity contribution is -0.134. The average Bonchev–Trinajstić information content (AvgIpc) is 3.00. The molecule has 0 amide bonds. The maximum Gasteiger partial charge on any atom is 0.329 e. The van der Waals surface area contributed by atoms with Crippen LogP contribution in [0.4, 0.5) is 0 Å². The SMILES string of the molecule is C1=CC2C3C=CC(C3)C2C1.C=CC(=O)OC. The van der Waals surface area contributed by atoms with Crippen LogP contribution in [0.25, 0.3) is 0 Å². The normalized spacial score (nSPS) is 36.6. The standard InChI is InChI=1S/C10H12.C4H6O2/c1-2-9-7-4-5-8(6-7)10(9)3-1;1-3-4(5)6-2/h1-2,4-5,7-10H,3,6H2;3H,1H2,2H3. The van der Waals surface area contributed by atoms with Crippen molar-refractivity contribution in [1.82, 2.24) is 0 Å². The van der Waals surface area contributed by atoms with Gasteiger partial charge in [-0.2, -0.15) is 0 Å². The van der Waals surface area contributed by atoms with Crippen LogP contribution >= 0.6 is 0 Å². The van der Waals surface area contributed by atoms with E-state index < -0.39 is 5.97 Å². The Morgan fingerprint density at radius 2 is 2.12 bits per heavy atom. The second-order valence-electron chi connectivity index (χ2n) is 4.58. The van der Waals surface area contributed by atoms with Gasteiger partial charge in [0, 0.05) is 6.08 Å². The van der Waals surface area contributed by atoms with Crippen LogP contribution in [-0.2, 0) is 9.53 Å². The van der Waals surface area contributed by atoms with Gasteiger partial charge in [-0.25, -0.2) is 4.79 Å². The molecule has 0 aromatic rings. The lowest BCUT2D eigenvalue weighted by Gasteiger charge is -2.18. The molecule has 86 valence electrons. The summed E-state index contributed by atoms with van der Waals surface area (Å²) in [6.07, 6.45) is 13.6. The number of ether oxygens (including phenoxy) is 1. The number of hydrogen-bond acceptors (Lipinski definition) is 2. The number of rotatable bonds is 1. The molecule has 0 aromatic carbocycles. The van der Waals surface area contributed by atoms with Crippen molar-refractivity contribution in [2.75, 3.05) is 7.11 Å². The van der Waals surface area contributed by atoms with Crippen molar-refractivity contribution in [3.8, 4) is 0 Å². The Hall–Kier alpha value is -1.31. The zero-order valence-corrected chi connectivity index (χ0v) is 9.63. The Morgan fingerprint density at radius 3 is 2.69 bits per heavy atom. The molecule has 0 saturated heterocycles. The minimum atomic E-state index is -0.394. The molecule has 4 unspecified atom stereocenters. The summed E-state index contributed by atoms with van der Waals surface area (Å²) >= 11 is 0. The van der Waals surface area contributed by atoms with Crippen LogP contribution in [0, 0.1) is 23.7 Å². The summed E-state index contributed by atoms with van der Waals surface area (Å²) < 4.78 is 4.14. The summed E-state index contributed by atoms with van der Waals surface area (Å²) in [5.74, 6) is 3.43. The van der Waals surface area contributed by atoms with E-state index in [0.717, 1.165) is 29.7 Å². The second kappa shape index (κ2) is 4.69. The Morgan fingerprint density at radius 1 is 1.38 bits per heavy atom. The molecule has 0 spiro atoms. The summed E-state index contributed by atoms with van der Waals surface area (Å²) in [5.41, 5.74) is 0. The van der Waals surface area contributed by atoms with E-state index >= 15 is 0 Å². The first-order valence-corrected chi connectivity index (χ1v) is 5.81. The van der Waals surface area contributed by atoms with Gasteiger partial charge >= 0.3 is 5.97 Å². The van der Waals surface area contributed by atoms with Gasteiger partial charge in [-0.15, -0.1) is 0 Å². The summed E-state index contributed by atoms with van der Waals surface area (Å²) in [7, 11) is 1.31. The Bertz CT molecular complexity index is 341. The van der Waals surface area contributed by atoms with Crippen molar-refractivity contribution in [3.63, 3.8) is 0 Å². The van der Waals surface area contributed by atoms with Crippen LogP contribution in [0.2, 0.25) is 0 Å². The predicted octanol–water partition coefficient (Wildman–Crippen LogP) is 2.73. The molecule has 4 atom stereocenters.